The summed E-state index contributed by atoms with van der Waals surface area (Å²) in [6, 6.07) is 7.78. The van der Waals surface area contributed by atoms with Crippen molar-refractivity contribution in [1.82, 2.24) is 5.43 Å². The fraction of sp³-hybridized carbons (Fsp3) is 0.231. The minimum atomic E-state index is -4.38. The van der Waals surface area contributed by atoms with Gasteiger partial charge in [0, 0.05) is 0 Å². The normalized spacial score (nSPS) is 13.5. The maximum atomic E-state index is 12.7. The molecule has 102 valence electrons. The van der Waals surface area contributed by atoms with E-state index in [2.05, 4.69) is 5.43 Å². The summed E-state index contributed by atoms with van der Waals surface area (Å²) in [5, 5.41) is 0. The van der Waals surface area contributed by atoms with Gasteiger partial charge in [-0.2, -0.15) is 13.2 Å². The summed E-state index contributed by atoms with van der Waals surface area (Å²) in [5.74, 6) is 6.55. The molecule has 1 aromatic carbocycles. The highest BCUT2D eigenvalue weighted by atomic mass is 19.4. The zero-order valence-electron chi connectivity index (χ0n) is 10.2. The molecule has 0 spiro atoms. The summed E-state index contributed by atoms with van der Waals surface area (Å²) in [4.78, 5) is 0. The van der Waals surface area contributed by atoms with Gasteiger partial charge in [0.1, 0.15) is 17.6 Å². The number of alkyl halides is 3. The number of furan rings is 1. The average Bonchev–Trinajstić information content (AvgIpc) is 2.76. The second-order valence-corrected chi connectivity index (χ2v) is 4.17. The first-order valence-electron chi connectivity index (χ1n) is 5.61. The van der Waals surface area contributed by atoms with Gasteiger partial charge in [0.25, 0.3) is 0 Å². The van der Waals surface area contributed by atoms with Gasteiger partial charge in [-0.3, -0.25) is 5.84 Å². The van der Waals surface area contributed by atoms with Crippen LogP contribution in [0.25, 0.3) is 0 Å². The highest BCUT2D eigenvalue weighted by Gasteiger charge is 2.31. The van der Waals surface area contributed by atoms with Gasteiger partial charge >= 0.3 is 6.18 Å². The van der Waals surface area contributed by atoms with Crippen LogP contribution in [-0.2, 0) is 6.18 Å². The summed E-state index contributed by atoms with van der Waals surface area (Å²) in [5.41, 5.74) is 2.15. The summed E-state index contributed by atoms with van der Waals surface area (Å²) >= 11 is 0. The Labute approximate surface area is 108 Å². The summed E-state index contributed by atoms with van der Waals surface area (Å²) in [6.45, 7) is 1.75. The lowest BCUT2D eigenvalue weighted by atomic mass is 10.0. The van der Waals surface area contributed by atoms with Gasteiger partial charge < -0.3 is 4.42 Å². The monoisotopic (exact) mass is 270 g/mol. The Kier molecular flexibility index (Phi) is 3.64. The summed E-state index contributed by atoms with van der Waals surface area (Å²) < 4.78 is 43.4. The number of benzene rings is 1. The van der Waals surface area contributed by atoms with Crippen LogP contribution in [0.5, 0.6) is 0 Å². The smallest absolute Gasteiger partial charge is 0.416 e. The Balaban J connectivity index is 2.39. The van der Waals surface area contributed by atoms with E-state index in [9.17, 15) is 13.2 Å². The van der Waals surface area contributed by atoms with E-state index in [0.717, 1.165) is 12.1 Å². The van der Waals surface area contributed by atoms with Gasteiger partial charge in [0.05, 0.1) is 5.56 Å². The van der Waals surface area contributed by atoms with Crippen LogP contribution in [0.4, 0.5) is 13.2 Å². The quantitative estimate of drug-likeness (QED) is 0.665. The molecule has 6 heteroatoms. The first-order chi connectivity index (χ1) is 8.91. The van der Waals surface area contributed by atoms with Gasteiger partial charge in [-0.25, -0.2) is 5.43 Å². The lowest BCUT2D eigenvalue weighted by molar-refractivity contribution is -0.137. The molecule has 2 rings (SSSR count). The van der Waals surface area contributed by atoms with E-state index in [-0.39, 0.29) is 0 Å². The SMILES string of the molecule is Cc1ccc(C(NN)c2cccc(C(F)(F)F)c2)o1. The third-order valence-electron chi connectivity index (χ3n) is 2.76. The molecule has 1 heterocycles. The van der Waals surface area contributed by atoms with E-state index in [1.54, 1.807) is 25.1 Å². The van der Waals surface area contributed by atoms with Crippen LogP contribution in [0.2, 0.25) is 0 Å². The van der Waals surface area contributed by atoms with Crippen molar-refractivity contribution in [1.29, 1.82) is 0 Å². The molecule has 0 radical (unpaired) electrons. The lowest BCUT2D eigenvalue weighted by Crippen LogP contribution is -2.28. The van der Waals surface area contributed by atoms with Crippen molar-refractivity contribution in [3.63, 3.8) is 0 Å². The second-order valence-electron chi connectivity index (χ2n) is 4.17. The predicted molar refractivity (Wildman–Crippen MR) is 64.1 cm³/mol. The maximum absolute atomic E-state index is 12.7. The van der Waals surface area contributed by atoms with E-state index >= 15 is 0 Å². The van der Waals surface area contributed by atoms with Crippen molar-refractivity contribution in [2.24, 2.45) is 5.84 Å². The Morgan fingerprint density at radius 3 is 2.47 bits per heavy atom. The Bertz CT molecular complexity index is 563. The molecule has 1 aromatic heterocycles. The minimum absolute atomic E-state index is 0.395. The molecule has 1 unspecified atom stereocenters. The van der Waals surface area contributed by atoms with Crippen molar-refractivity contribution < 1.29 is 17.6 Å². The second kappa shape index (κ2) is 5.07. The van der Waals surface area contributed by atoms with Crippen LogP contribution >= 0.6 is 0 Å². The summed E-state index contributed by atoms with van der Waals surface area (Å²) in [7, 11) is 0. The molecular formula is C13H13F3N2O. The van der Waals surface area contributed by atoms with Gasteiger partial charge in [-0.1, -0.05) is 12.1 Å². The molecule has 0 aliphatic carbocycles. The molecule has 3 N–H and O–H groups in total. The van der Waals surface area contributed by atoms with Gasteiger partial charge in [-0.15, -0.1) is 0 Å². The molecule has 0 fully saturated rings. The van der Waals surface area contributed by atoms with E-state index < -0.39 is 17.8 Å². The Morgan fingerprint density at radius 2 is 1.95 bits per heavy atom. The number of hydrazine groups is 1. The maximum Gasteiger partial charge on any atom is 0.416 e. The van der Waals surface area contributed by atoms with Crippen molar-refractivity contribution in [3.8, 4) is 0 Å². The molecule has 0 aliphatic rings. The van der Waals surface area contributed by atoms with Crippen LogP contribution in [0.15, 0.2) is 40.8 Å². The zero-order valence-corrected chi connectivity index (χ0v) is 10.2. The van der Waals surface area contributed by atoms with Crippen LogP contribution in [-0.4, -0.2) is 0 Å². The minimum Gasteiger partial charge on any atom is -0.464 e. The number of hydrogen-bond acceptors (Lipinski definition) is 3. The van der Waals surface area contributed by atoms with Crippen LogP contribution < -0.4 is 11.3 Å². The number of halogens is 3. The Morgan fingerprint density at radius 1 is 1.21 bits per heavy atom. The van der Waals surface area contributed by atoms with Crippen molar-refractivity contribution >= 4 is 0 Å². The molecule has 0 amide bonds. The van der Waals surface area contributed by atoms with Crippen LogP contribution in [0.1, 0.15) is 28.7 Å². The molecular weight excluding hydrogens is 257 g/mol. The number of aryl methyl sites for hydroxylation is 1. The molecule has 2 aromatic rings. The molecule has 19 heavy (non-hydrogen) atoms. The molecule has 0 saturated carbocycles. The van der Waals surface area contributed by atoms with Gasteiger partial charge in [0.15, 0.2) is 0 Å². The first-order valence-corrected chi connectivity index (χ1v) is 5.61. The third kappa shape index (κ3) is 2.97. The number of nitrogens with one attached hydrogen (secondary N) is 1. The fourth-order valence-corrected chi connectivity index (χ4v) is 1.85. The number of rotatable bonds is 3. The zero-order chi connectivity index (χ0) is 14.0. The number of hydrogen-bond donors (Lipinski definition) is 2. The first kappa shape index (κ1) is 13.6. The molecule has 0 bridgehead atoms. The van der Waals surface area contributed by atoms with E-state index in [0.29, 0.717) is 17.1 Å². The molecule has 0 aliphatic heterocycles. The predicted octanol–water partition coefficient (Wildman–Crippen LogP) is 3.16. The number of nitrogens with two attached hydrogens (primary N) is 1. The van der Waals surface area contributed by atoms with Crippen molar-refractivity contribution in [2.75, 3.05) is 0 Å². The van der Waals surface area contributed by atoms with E-state index in [4.69, 9.17) is 10.3 Å². The Hall–Kier alpha value is -1.79. The standard InChI is InChI=1S/C13H13F3N2O/c1-8-5-6-11(19-8)12(18-17)9-3-2-4-10(7-9)13(14,15)16/h2-7,12,18H,17H2,1H3. The fourth-order valence-electron chi connectivity index (χ4n) is 1.85. The largest absolute Gasteiger partial charge is 0.464 e. The summed E-state index contributed by atoms with van der Waals surface area (Å²) in [6.07, 6.45) is -4.38. The van der Waals surface area contributed by atoms with Crippen molar-refractivity contribution in [2.45, 2.75) is 19.1 Å². The molecule has 0 saturated heterocycles. The van der Waals surface area contributed by atoms with Crippen LogP contribution in [0, 0.1) is 6.92 Å². The molecule has 3 nitrogen and oxygen atoms in total. The van der Waals surface area contributed by atoms with Crippen LogP contribution in [0.3, 0.4) is 0 Å². The van der Waals surface area contributed by atoms with E-state index in [1.807, 2.05) is 0 Å². The highest BCUT2D eigenvalue weighted by molar-refractivity contribution is 5.32. The lowest BCUT2D eigenvalue weighted by Gasteiger charge is -2.16. The van der Waals surface area contributed by atoms with E-state index in [1.165, 1.54) is 6.07 Å². The molecule has 1 atom stereocenters. The third-order valence-corrected chi connectivity index (χ3v) is 2.76. The van der Waals surface area contributed by atoms with Crippen molar-refractivity contribution in [3.05, 3.63) is 59.0 Å². The average molecular weight is 270 g/mol. The highest BCUT2D eigenvalue weighted by Crippen LogP contribution is 2.32. The van der Waals surface area contributed by atoms with Gasteiger partial charge in [0.2, 0.25) is 0 Å². The topological polar surface area (TPSA) is 51.2 Å². The van der Waals surface area contributed by atoms with Gasteiger partial charge in [-0.05, 0) is 36.8 Å².